The maximum Gasteiger partial charge on any atom is 0.293 e. The summed E-state index contributed by atoms with van der Waals surface area (Å²) < 4.78 is 11.4. The van der Waals surface area contributed by atoms with E-state index in [0.29, 0.717) is 34.2 Å². The second-order valence-electron chi connectivity index (χ2n) is 7.27. The molecule has 3 aromatic carbocycles. The summed E-state index contributed by atoms with van der Waals surface area (Å²) in [4.78, 5) is 26.6. The van der Waals surface area contributed by atoms with Crippen LogP contribution in [0.25, 0.3) is 0 Å². The van der Waals surface area contributed by atoms with Gasteiger partial charge in [0.1, 0.15) is 6.61 Å². The maximum absolute atomic E-state index is 12.9. The molecule has 2 amide bonds. The number of nitriles is 1. The Morgan fingerprint density at radius 2 is 1.82 bits per heavy atom. The van der Waals surface area contributed by atoms with Crippen LogP contribution in [-0.2, 0) is 17.8 Å². The summed E-state index contributed by atoms with van der Waals surface area (Å²) in [6.07, 6.45) is 0.368. The topological polar surface area (TPSA) is 79.6 Å². The highest BCUT2D eigenvalue weighted by Gasteiger charge is 2.40. The van der Waals surface area contributed by atoms with Gasteiger partial charge in [-0.2, -0.15) is 5.26 Å². The molecule has 0 saturated carbocycles. The highest BCUT2D eigenvalue weighted by molar-refractivity contribution is 8.15. The summed E-state index contributed by atoms with van der Waals surface area (Å²) in [6.45, 7) is 0.223. The van der Waals surface area contributed by atoms with E-state index in [2.05, 4.69) is 6.07 Å². The molecule has 8 heteroatoms. The summed E-state index contributed by atoms with van der Waals surface area (Å²) in [6, 6.07) is 21.4. The summed E-state index contributed by atoms with van der Waals surface area (Å²) in [5, 5.41) is 8.93. The number of thioether (sulfide) groups is 1. The average Bonchev–Trinajstić information content (AvgIpc) is 3.11. The van der Waals surface area contributed by atoms with Crippen LogP contribution in [0.5, 0.6) is 11.5 Å². The van der Waals surface area contributed by atoms with Gasteiger partial charge in [-0.3, -0.25) is 9.59 Å². The Morgan fingerprint density at radius 3 is 2.55 bits per heavy atom. The lowest BCUT2D eigenvalue weighted by atomic mass is 10.1. The van der Waals surface area contributed by atoms with Crippen LogP contribution in [0.4, 0.5) is 10.5 Å². The fourth-order valence-electron chi connectivity index (χ4n) is 3.49. The molecule has 0 bridgehead atoms. The third kappa shape index (κ3) is 4.98. The third-order valence-corrected chi connectivity index (χ3v) is 6.47. The van der Waals surface area contributed by atoms with Gasteiger partial charge < -0.3 is 9.47 Å². The quantitative estimate of drug-likeness (QED) is 0.439. The van der Waals surface area contributed by atoms with Crippen LogP contribution < -0.4 is 14.4 Å². The first kappa shape index (κ1) is 22.7. The van der Waals surface area contributed by atoms with E-state index < -0.39 is 5.25 Å². The zero-order valence-electron chi connectivity index (χ0n) is 17.7. The molecule has 0 N–H and O–H groups in total. The number of methoxy groups -OCH3 is 1. The molecule has 1 heterocycles. The van der Waals surface area contributed by atoms with Crippen molar-refractivity contribution >= 4 is 40.2 Å². The Bertz CT molecular complexity index is 1240. The van der Waals surface area contributed by atoms with E-state index >= 15 is 0 Å². The van der Waals surface area contributed by atoms with Crippen LogP contribution in [0.3, 0.4) is 0 Å². The number of hydrogen-bond acceptors (Lipinski definition) is 6. The lowest BCUT2D eigenvalue weighted by Gasteiger charge is -2.15. The number of amides is 2. The number of ether oxygens (including phenoxy) is 2. The van der Waals surface area contributed by atoms with Crippen molar-refractivity contribution in [1.29, 1.82) is 5.26 Å². The zero-order chi connectivity index (χ0) is 23.4. The first-order chi connectivity index (χ1) is 16.0. The minimum atomic E-state index is -0.535. The standard InChI is InChI=1S/C25H19ClN2O4S/c1-31-22-12-16(6-11-21(22)32-15-18-5-3-2-4-17(18)14-27)13-23-24(29)28(25(30)33-23)20-9-7-19(26)8-10-20/h2-12,23H,13,15H2,1H3/t23-/m0/s1. The molecule has 4 rings (SSSR count). The van der Waals surface area contributed by atoms with Gasteiger partial charge in [-0.25, -0.2) is 4.90 Å². The lowest BCUT2D eigenvalue weighted by Crippen LogP contribution is -2.32. The SMILES string of the molecule is COc1cc(C[C@@H]2SC(=O)N(c3ccc(Cl)cc3)C2=O)ccc1OCc1ccccc1C#N. The first-order valence-electron chi connectivity index (χ1n) is 10.1. The normalized spacial score (nSPS) is 15.4. The van der Waals surface area contributed by atoms with Gasteiger partial charge in [0.05, 0.1) is 29.7 Å². The summed E-state index contributed by atoms with van der Waals surface area (Å²) >= 11 is 6.92. The minimum absolute atomic E-state index is 0.223. The molecule has 1 aliphatic heterocycles. The number of benzene rings is 3. The van der Waals surface area contributed by atoms with Gasteiger partial charge in [0.2, 0.25) is 5.91 Å². The second-order valence-corrected chi connectivity index (χ2v) is 8.86. The van der Waals surface area contributed by atoms with Gasteiger partial charge in [-0.15, -0.1) is 0 Å². The van der Waals surface area contributed by atoms with Crippen molar-refractivity contribution in [2.45, 2.75) is 18.3 Å². The molecule has 3 aromatic rings. The van der Waals surface area contributed by atoms with Gasteiger partial charge in [0.15, 0.2) is 11.5 Å². The maximum atomic E-state index is 12.9. The van der Waals surface area contributed by atoms with Gasteiger partial charge >= 0.3 is 0 Å². The van der Waals surface area contributed by atoms with Crippen molar-refractivity contribution in [3.63, 3.8) is 0 Å². The fourth-order valence-corrected chi connectivity index (χ4v) is 4.65. The number of nitrogens with zero attached hydrogens (tertiary/aromatic N) is 2. The van der Waals surface area contributed by atoms with Crippen molar-refractivity contribution in [1.82, 2.24) is 0 Å². The smallest absolute Gasteiger partial charge is 0.293 e. The Morgan fingerprint density at radius 1 is 1.06 bits per heavy atom. The monoisotopic (exact) mass is 478 g/mol. The molecular formula is C25H19ClN2O4S. The number of anilines is 1. The number of hydrogen-bond donors (Lipinski definition) is 0. The average molecular weight is 479 g/mol. The molecule has 1 saturated heterocycles. The van der Waals surface area contributed by atoms with Crippen molar-refractivity contribution in [3.05, 3.63) is 88.4 Å². The molecular weight excluding hydrogens is 460 g/mol. The lowest BCUT2D eigenvalue weighted by molar-refractivity contribution is -0.117. The summed E-state index contributed by atoms with van der Waals surface area (Å²) in [7, 11) is 1.54. The van der Waals surface area contributed by atoms with E-state index in [1.165, 1.54) is 12.0 Å². The first-order valence-corrected chi connectivity index (χ1v) is 11.3. The third-order valence-electron chi connectivity index (χ3n) is 5.18. The number of halogens is 1. The Kier molecular flexibility index (Phi) is 6.87. The van der Waals surface area contributed by atoms with Gasteiger partial charge in [-0.05, 0) is 54.4 Å². The summed E-state index contributed by atoms with van der Waals surface area (Å²) in [5.74, 6) is 0.774. The molecule has 1 aliphatic rings. The molecule has 0 aromatic heterocycles. The van der Waals surface area contributed by atoms with Crippen LogP contribution in [0.15, 0.2) is 66.7 Å². The Labute approximate surface area is 200 Å². The van der Waals surface area contributed by atoms with Gasteiger partial charge in [-0.1, -0.05) is 47.6 Å². The van der Waals surface area contributed by atoms with Crippen molar-refractivity contribution in [3.8, 4) is 17.6 Å². The second kappa shape index (κ2) is 9.99. The molecule has 0 spiro atoms. The highest BCUT2D eigenvalue weighted by Crippen LogP contribution is 2.36. The van der Waals surface area contributed by atoms with Crippen LogP contribution >= 0.6 is 23.4 Å². The number of carbonyl (C=O) groups excluding carboxylic acids is 2. The largest absolute Gasteiger partial charge is 0.493 e. The van der Waals surface area contributed by atoms with E-state index in [-0.39, 0.29) is 17.8 Å². The Hall–Kier alpha value is -3.47. The zero-order valence-corrected chi connectivity index (χ0v) is 19.2. The fraction of sp³-hybridized carbons (Fsp3) is 0.160. The molecule has 166 valence electrons. The Balaban J connectivity index is 1.47. The molecule has 1 atom stereocenters. The van der Waals surface area contributed by atoms with E-state index in [1.807, 2.05) is 18.2 Å². The summed E-state index contributed by atoms with van der Waals surface area (Å²) in [5.41, 5.74) is 2.68. The molecule has 33 heavy (non-hydrogen) atoms. The van der Waals surface area contributed by atoms with E-state index in [0.717, 1.165) is 22.9 Å². The molecule has 6 nitrogen and oxygen atoms in total. The predicted octanol–water partition coefficient (Wildman–Crippen LogP) is 5.61. The van der Waals surface area contributed by atoms with E-state index in [4.69, 9.17) is 21.1 Å². The van der Waals surface area contributed by atoms with E-state index in [9.17, 15) is 14.9 Å². The van der Waals surface area contributed by atoms with Gasteiger partial charge in [0.25, 0.3) is 5.24 Å². The number of imide groups is 1. The van der Waals surface area contributed by atoms with Crippen LogP contribution in [0.1, 0.15) is 16.7 Å². The van der Waals surface area contributed by atoms with Crippen LogP contribution in [0, 0.1) is 11.3 Å². The van der Waals surface area contributed by atoms with Gasteiger partial charge in [0, 0.05) is 10.6 Å². The van der Waals surface area contributed by atoms with Crippen LogP contribution in [-0.4, -0.2) is 23.5 Å². The molecule has 0 unspecified atom stereocenters. The predicted molar refractivity (Wildman–Crippen MR) is 128 cm³/mol. The van der Waals surface area contributed by atoms with E-state index in [1.54, 1.807) is 48.5 Å². The number of rotatable bonds is 7. The van der Waals surface area contributed by atoms with Crippen LogP contribution in [0.2, 0.25) is 5.02 Å². The van der Waals surface area contributed by atoms with Crippen molar-refractivity contribution < 1.29 is 19.1 Å². The molecule has 0 radical (unpaired) electrons. The highest BCUT2D eigenvalue weighted by atomic mass is 35.5. The minimum Gasteiger partial charge on any atom is -0.493 e. The molecule has 0 aliphatic carbocycles. The number of carbonyl (C=O) groups is 2. The van der Waals surface area contributed by atoms with Crippen molar-refractivity contribution in [2.75, 3.05) is 12.0 Å². The van der Waals surface area contributed by atoms with Crippen molar-refractivity contribution in [2.24, 2.45) is 0 Å². The molecule has 1 fully saturated rings.